The Morgan fingerprint density at radius 1 is 0.974 bits per heavy atom. The molecule has 3 aliphatic rings. The summed E-state index contributed by atoms with van der Waals surface area (Å²) in [5, 5.41) is 2.08. The van der Waals surface area contributed by atoms with Crippen LogP contribution in [-0.4, -0.2) is 70.9 Å². The predicted octanol–water partition coefficient (Wildman–Crippen LogP) is 4.19. The van der Waals surface area contributed by atoms with Gasteiger partial charge < -0.3 is 9.64 Å². The van der Waals surface area contributed by atoms with Gasteiger partial charge >= 0.3 is 5.69 Å². The number of carbonyl (C=O) groups is 1. The number of nitrogens with one attached hydrogen (secondary N) is 1. The molecule has 2 saturated heterocycles. The van der Waals surface area contributed by atoms with Crippen LogP contribution in [0.1, 0.15) is 77.2 Å². The van der Waals surface area contributed by atoms with E-state index in [2.05, 4.69) is 15.3 Å². The van der Waals surface area contributed by atoms with E-state index in [1.165, 1.54) is 44.9 Å². The zero-order valence-corrected chi connectivity index (χ0v) is 23.4. The van der Waals surface area contributed by atoms with Crippen LogP contribution < -0.4 is 11.1 Å². The number of para-hydroxylation sites is 2. The Morgan fingerprint density at radius 3 is 2.45 bits per heavy atom. The molecule has 3 heterocycles. The topological polar surface area (TPSA) is 71.7 Å². The summed E-state index contributed by atoms with van der Waals surface area (Å²) in [7, 11) is 1.72. The summed E-state index contributed by atoms with van der Waals surface area (Å²) in [6.07, 6.45) is 12.2. The molecule has 2 aliphatic heterocycles. The third-order valence-electron chi connectivity index (χ3n) is 9.25. The van der Waals surface area contributed by atoms with Crippen molar-refractivity contribution < 1.29 is 9.53 Å². The fourth-order valence-electron chi connectivity index (χ4n) is 7.26. The number of rotatable bonds is 8. The number of aromatic nitrogens is 2. The van der Waals surface area contributed by atoms with Crippen LogP contribution in [0.2, 0.25) is 0 Å². The second kappa shape index (κ2) is 12.8. The first kappa shape index (κ1) is 27.4. The van der Waals surface area contributed by atoms with E-state index < -0.39 is 0 Å². The molecular formula is C30H47N5O3. The van der Waals surface area contributed by atoms with E-state index in [4.69, 9.17) is 4.74 Å². The van der Waals surface area contributed by atoms with Crippen LogP contribution in [0, 0.1) is 11.8 Å². The molecule has 0 spiro atoms. The molecule has 1 aromatic heterocycles. The maximum absolute atomic E-state index is 14.0. The normalized spacial score (nSPS) is 26.4. The second-order valence-corrected chi connectivity index (χ2v) is 11.7. The van der Waals surface area contributed by atoms with E-state index in [0.29, 0.717) is 25.6 Å². The van der Waals surface area contributed by atoms with Gasteiger partial charge in [-0.1, -0.05) is 44.2 Å². The molecule has 0 bridgehead atoms. The summed E-state index contributed by atoms with van der Waals surface area (Å²) >= 11 is 0. The number of likely N-dealkylation sites (tertiary alicyclic amines) is 1. The number of carbonyl (C=O) groups excluding carboxylic acids is 1. The maximum atomic E-state index is 14.0. The maximum Gasteiger partial charge on any atom is 0.329 e. The summed E-state index contributed by atoms with van der Waals surface area (Å²) in [4.78, 5) is 30.2. The Kier molecular flexibility index (Phi) is 9.23. The highest BCUT2D eigenvalue weighted by Gasteiger charge is 2.39. The third-order valence-corrected chi connectivity index (χ3v) is 9.25. The number of aryl methyl sites for hydroxylation is 1. The molecule has 0 unspecified atom stereocenters. The van der Waals surface area contributed by atoms with Crippen LogP contribution in [0.5, 0.6) is 0 Å². The van der Waals surface area contributed by atoms with Gasteiger partial charge in [0, 0.05) is 39.8 Å². The van der Waals surface area contributed by atoms with E-state index in [0.717, 1.165) is 49.9 Å². The highest BCUT2D eigenvalue weighted by Crippen LogP contribution is 2.33. The predicted molar refractivity (Wildman–Crippen MR) is 151 cm³/mol. The van der Waals surface area contributed by atoms with Crippen LogP contribution in [0.3, 0.4) is 0 Å². The number of fused-ring (bicyclic) bond motifs is 1. The molecule has 1 N–H and O–H groups in total. The number of piperidine rings is 1. The van der Waals surface area contributed by atoms with Crippen molar-refractivity contribution in [2.45, 2.75) is 89.8 Å². The molecule has 1 aliphatic carbocycles. The molecule has 210 valence electrons. The van der Waals surface area contributed by atoms with Crippen LogP contribution >= 0.6 is 0 Å². The van der Waals surface area contributed by atoms with Crippen LogP contribution in [0.4, 0.5) is 0 Å². The van der Waals surface area contributed by atoms with Gasteiger partial charge in [-0.2, -0.15) is 0 Å². The van der Waals surface area contributed by atoms with Gasteiger partial charge in [0.2, 0.25) is 5.91 Å². The smallest absolute Gasteiger partial charge is 0.329 e. The first-order chi connectivity index (χ1) is 18.6. The molecule has 8 nitrogen and oxygen atoms in total. The SMILES string of the molecule is CCn1c(=O)n([C@H]2CCN(CC3CCCCCCC3)C[C@@H]2C(=O)NN2CCC[C@H]2COC)c2ccccc21. The lowest BCUT2D eigenvalue weighted by Gasteiger charge is -2.40. The van der Waals surface area contributed by atoms with Gasteiger partial charge in [-0.25, -0.2) is 9.80 Å². The molecule has 2 aromatic rings. The average Bonchev–Trinajstić information content (AvgIpc) is 3.46. The van der Waals surface area contributed by atoms with Crippen molar-refractivity contribution in [1.29, 1.82) is 0 Å². The van der Waals surface area contributed by atoms with Gasteiger partial charge in [0.25, 0.3) is 0 Å². The van der Waals surface area contributed by atoms with E-state index in [1.54, 1.807) is 7.11 Å². The van der Waals surface area contributed by atoms with Crippen molar-refractivity contribution in [3.05, 3.63) is 34.7 Å². The summed E-state index contributed by atoms with van der Waals surface area (Å²) in [6.45, 7) is 6.80. The zero-order chi connectivity index (χ0) is 26.5. The van der Waals surface area contributed by atoms with Gasteiger partial charge in [-0.15, -0.1) is 0 Å². The Hall–Kier alpha value is -2.16. The molecule has 3 fully saturated rings. The van der Waals surface area contributed by atoms with Crippen molar-refractivity contribution in [3.63, 3.8) is 0 Å². The number of nitrogens with zero attached hydrogens (tertiary/aromatic N) is 4. The fourth-order valence-corrected chi connectivity index (χ4v) is 7.26. The first-order valence-corrected chi connectivity index (χ1v) is 15.1. The lowest BCUT2D eigenvalue weighted by Crippen LogP contribution is -2.55. The minimum atomic E-state index is -0.282. The molecule has 38 heavy (non-hydrogen) atoms. The lowest BCUT2D eigenvalue weighted by molar-refractivity contribution is -0.134. The molecule has 8 heteroatoms. The number of benzene rings is 1. The monoisotopic (exact) mass is 525 g/mol. The summed E-state index contributed by atoms with van der Waals surface area (Å²) in [5.74, 6) is 0.473. The van der Waals surface area contributed by atoms with E-state index in [9.17, 15) is 9.59 Å². The van der Waals surface area contributed by atoms with Gasteiger partial charge in [0.1, 0.15) is 0 Å². The van der Waals surface area contributed by atoms with Crippen molar-refractivity contribution in [1.82, 2.24) is 24.5 Å². The second-order valence-electron chi connectivity index (χ2n) is 11.7. The van der Waals surface area contributed by atoms with Gasteiger partial charge in [-0.3, -0.25) is 19.4 Å². The molecule has 3 atom stereocenters. The number of ether oxygens (including phenoxy) is 1. The molecule has 1 amide bonds. The fraction of sp³-hybridized carbons (Fsp3) is 0.733. The van der Waals surface area contributed by atoms with Crippen molar-refractivity contribution in [2.24, 2.45) is 11.8 Å². The highest BCUT2D eigenvalue weighted by molar-refractivity contribution is 5.80. The quantitative estimate of drug-likeness (QED) is 0.560. The third kappa shape index (κ3) is 5.87. The molecule has 1 aromatic carbocycles. The molecular weight excluding hydrogens is 478 g/mol. The Morgan fingerprint density at radius 2 is 1.71 bits per heavy atom. The van der Waals surface area contributed by atoms with Crippen molar-refractivity contribution >= 4 is 16.9 Å². The van der Waals surface area contributed by atoms with Gasteiger partial charge in [0.05, 0.1) is 35.6 Å². The van der Waals surface area contributed by atoms with Crippen LogP contribution in [0.15, 0.2) is 29.1 Å². The van der Waals surface area contributed by atoms with Crippen molar-refractivity contribution in [2.75, 3.05) is 39.9 Å². The van der Waals surface area contributed by atoms with E-state index >= 15 is 0 Å². The van der Waals surface area contributed by atoms with E-state index in [1.807, 2.05) is 40.3 Å². The first-order valence-electron chi connectivity index (χ1n) is 15.1. The molecule has 0 radical (unpaired) electrons. The van der Waals surface area contributed by atoms with Gasteiger partial charge in [-0.05, 0) is 57.1 Å². The van der Waals surface area contributed by atoms with Crippen molar-refractivity contribution in [3.8, 4) is 0 Å². The lowest BCUT2D eigenvalue weighted by atomic mass is 9.87. The minimum absolute atomic E-state index is 0.00315. The van der Waals surface area contributed by atoms with Crippen LogP contribution in [0.25, 0.3) is 11.0 Å². The minimum Gasteiger partial charge on any atom is -0.383 e. The molecule has 5 rings (SSSR count). The standard InChI is InChI=1S/C30H47N5O3/c1-3-33-27-15-9-10-16-28(27)35(30(33)37)26-17-19-32(20-23-12-7-5-4-6-8-13-23)21-25(26)29(36)31-34-18-11-14-24(34)22-38-2/h9-10,15-16,23-26H,3-8,11-14,17-22H2,1-2H3,(H,31,36)/t24-,25-,26-/m0/s1. The Bertz CT molecular complexity index is 1120. The summed E-state index contributed by atoms with van der Waals surface area (Å²) in [5.41, 5.74) is 5.18. The summed E-state index contributed by atoms with van der Waals surface area (Å²) < 4.78 is 9.21. The number of hydrogen-bond donors (Lipinski definition) is 1. The number of hydrogen-bond acceptors (Lipinski definition) is 5. The van der Waals surface area contributed by atoms with Crippen LogP contribution in [-0.2, 0) is 16.1 Å². The zero-order valence-electron chi connectivity index (χ0n) is 23.4. The highest BCUT2D eigenvalue weighted by atomic mass is 16.5. The summed E-state index contributed by atoms with van der Waals surface area (Å²) in [6, 6.07) is 8.10. The van der Waals surface area contributed by atoms with E-state index in [-0.39, 0.29) is 29.6 Å². The largest absolute Gasteiger partial charge is 0.383 e. The average molecular weight is 526 g/mol. The molecule has 1 saturated carbocycles. The number of hydrazine groups is 1. The number of imidazole rings is 1. The Labute approximate surface area is 227 Å². The number of methoxy groups -OCH3 is 1. The van der Waals surface area contributed by atoms with Gasteiger partial charge in [0.15, 0.2) is 0 Å². The number of amides is 1. The Balaban J connectivity index is 1.41.